The highest BCUT2D eigenvalue weighted by Gasteiger charge is 2.65. The van der Waals surface area contributed by atoms with Crippen molar-refractivity contribution in [1.82, 2.24) is 14.9 Å². The summed E-state index contributed by atoms with van der Waals surface area (Å²) in [5.41, 5.74) is -0.178. The molecule has 0 amide bonds. The molecule has 4 rings (SSSR count). The summed E-state index contributed by atoms with van der Waals surface area (Å²) in [5.74, 6) is 0.878. The average Bonchev–Trinajstić information content (AvgIpc) is 2.82. The number of carboxylic acid groups (broad SMARTS) is 1. The van der Waals surface area contributed by atoms with Crippen LogP contribution < -0.4 is 4.72 Å². The fraction of sp³-hybridized carbons (Fsp3) is 0.692. The van der Waals surface area contributed by atoms with Crippen molar-refractivity contribution in [2.24, 2.45) is 23.7 Å². The highest BCUT2D eigenvalue weighted by atomic mass is 32.2. The second kappa shape index (κ2) is 4.07. The molecule has 2 bridgehead atoms. The molecule has 1 heterocycles. The number of fused-ring (bicyclic) bond motifs is 5. The quantitative estimate of drug-likeness (QED) is 0.759. The molecule has 0 aliphatic heterocycles. The van der Waals surface area contributed by atoms with E-state index in [4.69, 9.17) is 5.11 Å². The smallest absolute Gasteiger partial charge is 0.357 e. The Morgan fingerprint density at radius 3 is 2.52 bits per heavy atom. The zero-order chi connectivity index (χ0) is 14.9. The number of hydrogen-bond donors (Lipinski definition) is 3. The minimum atomic E-state index is -3.85. The van der Waals surface area contributed by atoms with Gasteiger partial charge in [0.2, 0.25) is 10.0 Å². The summed E-state index contributed by atoms with van der Waals surface area (Å²) in [5, 5.41) is 15.1. The topological polar surface area (TPSA) is 112 Å². The van der Waals surface area contributed by atoms with E-state index in [2.05, 4.69) is 14.9 Å². The molecule has 0 aromatic carbocycles. The Hall–Kier alpha value is -1.41. The Labute approximate surface area is 122 Å². The largest absolute Gasteiger partial charge is 0.476 e. The van der Waals surface area contributed by atoms with Gasteiger partial charge in [0.05, 0.1) is 5.69 Å². The molecule has 3 N–H and O–H groups in total. The maximum atomic E-state index is 12.5. The lowest BCUT2D eigenvalue weighted by molar-refractivity contribution is 0.0686. The van der Waals surface area contributed by atoms with Gasteiger partial charge in [0.1, 0.15) is 4.90 Å². The number of nitrogens with zero attached hydrogens (tertiary/aromatic N) is 1. The zero-order valence-electron chi connectivity index (χ0n) is 11.5. The summed E-state index contributed by atoms with van der Waals surface area (Å²) in [6, 6.07) is -0.0165. The molecule has 4 unspecified atom stereocenters. The summed E-state index contributed by atoms with van der Waals surface area (Å²) < 4.78 is 27.8. The third-order valence-electron chi connectivity index (χ3n) is 5.39. The van der Waals surface area contributed by atoms with Crippen LogP contribution in [0.1, 0.15) is 35.4 Å². The number of sulfonamides is 1. The van der Waals surface area contributed by atoms with Crippen molar-refractivity contribution in [2.75, 3.05) is 0 Å². The molecule has 3 aliphatic rings. The summed E-state index contributed by atoms with van der Waals surface area (Å²) in [4.78, 5) is 10.9. The fourth-order valence-electron chi connectivity index (χ4n) is 4.61. The highest BCUT2D eigenvalue weighted by Crippen LogP contribution is 2.65. The molecule has 3 aliphatic carbocycles. The van der Waals surface area contributed by atoms with Gasteiger partial charge in [-0.15, -0.1) is 0 Å². The van der Waals surface area contributed by atoms with Crippen LogP contribution in [0, 0.1) is 30.6 Å². The third kappa shape index (κ3) is 1.78. The normalized spacial score (nSPS) is 36.7. The fourth-order valence-corrected chi connectivity index (χ4v) is 6.24. The number of carboxylic acids is 1. The van der Waals surface area contributed by atoms with Crippen molar-refractivity contribution in [1.29, 1.82) is 0 Å². The van der Waals surface area contributed by atoms with Gasteiger partial charge in [-0.1, -0.05) is 0 Å². The van der Waals surface area contributed by atoms with Crippen molar-refractivity contribution in [2.45, 2.75) is 37.1 Å². The molecule has 8 heteroatoms. The van der Waals surface area contributed by atoms with Crippen molar-refractivity contribution in [3.8, 4) is 0 Å². The van der Waals surface area contributed by atoms with Gasteiger partial charge < -0.3 is 5.11 Å². The first-order chi connectivity index (χ1) is 9.90. The maximum Gasteiger partial charge on any atom is 0.357 e. The van der Waals surface area contributed by atoms with Crippen LogP contribution in [-0.2, 0) is 10.0 Å². The summed E-state index contributed by atoms with van der Waals surface area (Å²) in [6.07, 6.45) is 3.64. The molecular formula is C13H17N3O4S. The standard InChI is InChI=1S/C13H17N3O4S/c1-5-12(11(13(17)18)15-14-5)21(19,20)16-10-8-6-2-3-7(4-6)9(8)10/h6-10,16H,2-4H2,1H3,(H,14,15)(H,17,18). The Kier molecular flexibility index (Phi) is 2.57. The van der Waals surface area contributed by atoms with Crippen LogP contribution in [0.5, 0.6) is 0 Å². The Morgan fingerprint density at radius 1 is 1.33 bits per heavy atom. The molecule has 3 fully saturated rings. The van der Waals surface area contributed by atoms with E-state index in [1.807, 2.05) is 0 Å². The summed E-state index contributed by atoms with van der Waals surface area (Å²) >= 11 is 0. The van der Waals surface area contributed by atoms with E-state index >= 15 is 0 Å². The molecule has 4 atom stereocenters. The SMILES string of the molecule is Cc1[nH]nc(C(=O)O)c1S(=O)(=O)NC1C2C3CCC(C3)C12. The monoisotopic (exact) mass is 311 g/mol. The van der Waals surface area contributed by atoms with E-state index in [-0.39, 0.29) is 16.6 Å². The first kappa shape index (κ1) is 13.3. The van der Waals surface area contributed by atoms with E-state index in [0.29, 0.717) is 23.7 Å². The van der Waals surface area contributed by atoms with Gasteiger partial charge in [-0.05, 0) is 49.9 Å². The van der Waals surface area contributed by atoms with Crippen LogP contribution in [0.2, 0.25) is 0 Å². The van der Waals surface area contributed by atoms with Gasteiger partial charge >= 0.3 is 5.97 Å². The first-order valence-corrected chi connectivity index (χ1v) is 8.69. The Morgan fingerprint density at radius 2 is 1.95 bits per heavy atom. The molecule has 0 spiro atoms. The van der Waals surface area contributed by atoms with Crippen LogP contribution in [0.4, 0.5) is 0 Å². The molecule has 1 aromatic rings. The number of hydrogen-bond acceptors (Lipinski definition) is 4. The predicted octanol–water partition coefficient (Wildman–Crippen LogP) is 0.739. The van der Waals surface area contributed by atoms with E-state index in [0.717, 1.165) is 0 Å². The van der Waals surface area contributed by atoms with Gasteiger partial charge in [0.25, 0.3) is 0 Å². The summed E-state index contributed by atoms with van der Waals surface area (Å²) in [6.45, 7) is 1.52. The molecule has 1 aromatic heterocycles. The predicted molar refractivity (Wildman–Crippen MR) is 72.2 cm³/mol. The number of aromatic carboxylic acids is 1. The maximum absolute atomic E-state index is 12.5. The van der Waals surface area contributed by atoms with Gasteiger partial charge in [0.15, 0.2) is 5.69 Å². The zero-order valence-corrected chi connectivity index (χ0v) is 12.4. The number of aromatic nitrogens is 2. The summed E-state index contributed by atoms with van der Waals surface area (Å²) in [7, 11) is -3.85. The number of nitrogens with one attached hydrogen (secondary N) is 2. The number of aromatic amines is 1. The Balaban J connectivity index is 1.61. The van der Waals surface area contributed by atoms with Crippen LogP contribution in [0.25, 0.3) is 0 Å². The number of carbonyl (C=O) groups is 1. The second-order valence-corrected chi connectivity index (χ2v) is 8.12. The number of rotatable bonds is 4. The average molecular weight is 311 g/mol. The van der Waals surface area contributed by atoms with Gasteiger partial charge in [-0.25, -0.2) is 17.9 Å². The van der Waals surface area contributed by atoms with Crippen LogP contribution in [0.3, 0.4) is 0 Å². The molecule has 0 saturated heterocycles. The van der Waals surface area contributed by atoms with Gasteiger partial charge in [0, 0.05) is 6.04 Å². The molecule has 3 saturated carbocycles. The molecule has 0 radical (unpaired) electrons. The molecule has 114 valence electrons. The molecule has 21 heavy (non-hydrogen) atoms. The van der Waals surface area contributed by atoms with E-state index < -0.39 is 21.7 Å². The molecule has 7 nitrogen and oxygen atoms in total. The Bertz CT molecular complexity index is 710. The lowest BCUT2D eigenvalue weighted by Crippen LogP contribution is -2.31. The highest BCUT2D eigenvalue weighted by molar-refractivity contribution is 7.89. The number of aryl methyl sites for hydroxylation is 1. The van der Waals surface area contributed by atoms with Crippen molar-refractivity contribution in [3.05, 3.63) is 11.4 Å². The van der Waals surface area contributed by atoms with Gasteiger partial charge in [-0.2, -0.15) is 5.10 Å². The van der Waals surface area contributed by atoms with E-state index in [1.54, 1.807) is 0 Å². The number of H-pyrrole nitrogens is 1. The van der Waals surface area contributed by atoms with Crippen molar-refractivity contribution >= 4 is 16.0 Å². The van der Waals surface area contributed by atoms with E-state index in [1.165, 1.54) is 26.2 Å². The minimum absolute atomic E-state index is 0.0165. The van der Waals surface area contributed by atoms with E-state index in [9.17, 15) is 13.2 Å². The van der Waals surface area contributed by atoms with Crippen LogP contribution >= 0.6 is 0 Å². The minimum Gasteiger partial charge on any atom is -0.476 e. The lowest BCUT2D eigenvalue weighted by atomic mass is 10.0. The van der Waals surface area contributed by atoms with Crippen molar-refractivity contribution < 1.29 is 18.3 Å². The lowest BCUT2D eigenvalue weighted by Gasteiger charge is -2.11. The van der Waals surface area contributed by atoms with Gasteiger partial charge in [-0.3, -0.25) is 5.10 Å². The third-order valence-corrected chi connectivity index (χ3v) is 7.01. The van der Waals surface area contributed by atoms with Crippen LogP contribution in [0.15, 0.2) is 4.90 Å². The second-order valence-electron chi connectivity index (χ2n) is 6.47. The first-order valence-electron chi connectivity index (χ1n) is 7.20. The van der Waals surface area contributed by atoms with Crippen molar-refractivity contribution in [3.63, 3.8) is 0 Å². The van der Waals surface area contributed by atoms with Crippen LogP contribution in [-0.4, -0.2) is 35.7 Å². The molecular weight excluding hydrogens is 294 g/mol.